The SMILES string of the molecule is C#CCN1CCC(NCc2ccco2)CC1. The van der Waals surface area contributed by atoms with E-state index in [1.165, 1.54) is 12.8 Å². The van der Waals surface area contributed by atoms with E-state index in [9.17, 15) is 0 Å². The van der Waals surface area contributed by atoms with Crippen molar-refractivity contribution in [2.75, 3.05) is 19.6 Å². The number of rotatable bonds is 4. The summed E-state index contributed by atoms with van der Waals surface area (Å²) < 4.78 is 5.28. The van der Waals surface area contributed by atoms with Crippen LogP contribution < -0.4 is 5.32 Å². The van der Waals surface area contributed by atoms with Crippen LogP contribution in [-0.4, -0.2) is 30.6 Å². The van der Waals surface area contributed by atoms with Crippen LogP contribution in [0.2, 0.25) is 0 Å². The highest BCUT2D eigenvalue weighted by molar-refractivity contribution is 4.98. The highest BCUT2D eigenvalue weighted by Gasteiger charge is 2.17. The molecule has 0 radical (unpaired) electrons. The molecule has 86 valence electrons. The molecule has 1 N–H and O–H groups in total. The third-order valence-electron chi connectivity index (χ3n) is 3.05. The Bertz CT molecular complexity index is 331. The summed E-state index contributed by atoms with van der Waals surface area (Å²) in [7, 11) is 0. The van der Waals surface area contributed by atoms with Crippen molar-refractivity contribution in [3.05, 3.63) is 24.2 Å². The second kappa shape index (κ2) is 5.74. The summed E-state index contributed by atoms with van der Waals surface area (Å²) in [6.45, 7) is 3.80. The van der Waals surface area contributed by atoms with Gasteiger partial charge in [0.25, 0.3) is 0 Å². The van der Waals surface area contributed by atoms with Gasteiger partial charge in [-0.25, -0.2) is 0 Å². The zero-order valence-corrected chi connectivity index (χ0v) is 9.48. The van der Waals surface area contributed by atoms with Crippen LogP contribution in [0.4, 0.5) is 0 Å². The van der Waals surface area contributed by atoms with Gasteiger partial charge in [0, 0.05) is 19.1 Å². The van der Waals surface area contributed by atoms with Crippen molar-refractivity contribution in [2.24, 2.45) is 0 Å². The quantitative estimate of drug-likeness (QED) is 0.776. The first kappa shape index (κ1) is 11.3. The van der Waals surface area contributed by atoms with Gasteiger partial charge in [0.05, 0.1) is 19.4 Å². The zero-order valence-electron chi connectivity index (χ0n) is 9.48. The Hall–Kier alpha value is -1.24. The summed E-state index contributed by atoms with van der Waals surface area (Å²) in [5.74, 6) is 3.70. The maximum atomic E-state index is 5.30. The van der Waals surface area contributed by atoms with Gasteiger partial charge in [0.15, 0.2) is 0 Å². The fourth-order valence-electron chi connectivity index (χ4n) is 2.08. The van der Waals surface area contributed by atoms with Gasteiger partial charge in [-0.15, -0.1) is 6.42 Å². The van der Waals surface area contributed by atoms with Gasteiger partial charge >= 0.3 is 0 Å². The maximum Gasteiger partial charge on any atom is 0.117 e. The molecule has 1 aliphatic rings. The van der Waals surface area contributed by atoms with E-state index in [4.69, 9.17) is 10.8 Å². The van der Waals surface area contributed by atoms with E-state index in [1.807, 2.05) is 12.1 Å². The van der Waals surface area contributed by atoms with Crippen molar-refractivity contribution < 1.29 is 4.42 Å². The predicted molar refractivity (Wildman–Crippen MR) is 63.8 cm³/mol. The molecule has 0 aliphatic carbocycles. The van der Waals surface area contributed by atoms with Crippen LogP contribution in [0.3, 0.4) is 0 Å². The standard InChI is InChI=1S/C13H18N2O/c1-2-7-15-8-5-12(6-9-15)14-11-13-4-3-10-16-13/h1,3-4,10,12,14H,5-9,11H2. The number of likely N-dealkylation sites (tertiary alicyclic amines) is 1. The van der Waals surface area contributed by atoms with Gasteiger partial charge in [-0.2, -0.15) is 0 Å². The predicted octanol–water partition coefficient (Wildman–Crippen LogP) is 1.47. The van der Waals surface area contributed by atoms with Crippen LogP contribution in [0.15, 0.2) is 22.8 Å². The molecule has 16 heavy (non-hydrogen) atoms. The lowest BCUT2D eigenvalue weighted by molar-refractivity contribution is 0.215. The number of piperidine rings is 1. The minimum atomic E-state index is 0.596. The molecular weight excluding hydrogens is 200 g/mol. The van der Waals surface area contributed by atoms with Crippen molar-refractivity contribution in [3.63, 3.8) is 0 Å². The molecule has 2 rings (SSSR count). The van der Waals surface area contributed by atoms with Crippen molar-refractivity contribution >= 4 is 0 Å². The molecule has 0 spiro atoms. The first-order valence-corrected chi connectivity index (χ1v) is 5.80. The van der Waals surface area contributed by atoms with Crippen molar-refractivity contribution in [3.8, 4) is 12.3 Å². The number of terminal acetylenes is 1. The molecule has 0 atom stereocenters. The Morgan fingerprint density at radius 3 is 2.94 bits per heavy atom. The van der Waals surface area contributed by atoms with Crippen molar-refractivity contribution in [2.45, 2.75) is 25.4 Å². The maximum absolute atomic E-state index is 5.30. The topological polar surface area (TPSA) is 28.4 Å². The molecule has 0 unspecified atom stereocenters. The van der Waals surface area contributed by atoms with Crippen LogP contribution in [0.5, 0.6) is 0 Å². The van der Waals surface area contributed by atoms with Crippen LogP contribution in [-0.2, 0) is 6.54 Å². The van der Waals surface area contributed by atoms with Crippen molar-refractivity contribution in [1.29, 1.82) is 0 Å². The fraction of sp³-hybridized carbons (Fsp3) is 0.538. The first-order chi connectivity index (χ1) is 7.88. The number of nitrogens with zero attached hydrogens (tertiary/aromatic N) is 1. The van der Waals surface area contributed by atoms with Gasteiger partial charge in [-0.05, 0) is 25.0 Å². The van der Waals surface area contributed by atoms with Crippen LogP contribution in [0.1, 0.15) is 18.6 Å². The molecule has 0 amide bonds. The van der Waals surface area contributed by atoms with Crippen LogP contribution >= 0.6 is 0 Å². The van der Waals surface area contributed by atoms with Gasteiger partial charge in [0.2, 0.25) is 0 Å². The van der Waals surface area contributed by atoms with E-state index in [0.717, 1.165) is 31.9 Å². The largest absolute Gasteiger partial charge is 0.468 e. The van der Waals surface area contributed by atoms with E-state index in [-0.39, 0.29) is 0 Å². The van der Waals surface area contributed by atoms with E-state index >= 15 is 0 Å². The third-order valence-corrected chi connectivity index (χ3v) is 3.05. The summed E-state index contributed by atoms with van der Waals surface area (Å²) in [4.78, 5) is 2.32. The average Bonchev–Trinajstić information content (AvgIpc) is 2.82. The highest BCUT2D eigenvalue weighted by atomic mass is 16.3. The Balaban J connectivity index is 1.68. The molecule has 1 fully saturated rings. The zero-order chi connectivity index (χ0) is 11.2. The molecule has 0 aromatic carbocycles. The second-order valence-corrected chi connectivity index (χ2v) is 4.21. The number of hydrogen-bond donors (Lipinski definition) is 1. The number of furan rings is 1. The third kappa shape index (κ3) is 3.13. The first-order valence-electron chi connectivity index (χ1n) is 5.80. The van der Waals surface area contributed by atoms with E-state index in [1.54, 1.807) is 6.26 Å². The van der Waals surface area contributed by atoms with Gasteiger partial charge in [-0.3, -0.25) is 4.90 Å². The normalized spacial score (nSPS) is 18.4. The van der Waals surface area contributed by atoms with Gasteiger partial charge in [0.1, 0.15) is 5.76 Å². The molecule has 0 bridgehead atoms. The van der Waals surface area contributed by atoms with E-state index in [0.29, 0.717) is 6.04 Å². The van der Waals surface area contributed by atoms with E-state index in [2.05, 4.69) is 16.1 Å². The summed E-state index contributed by atoms with van der Waals surface area (Å²) in [6.07, 6.45) is 9.35. The fourth-order valence-corrected chi connectivity index (χ4v) is 2.08. The summed E-state index contributed by atoms with van der Waals surface area (Å²) >= 11 is 0. The molecule has 3 nitrogen and oxygen atoms in total. The molecule has 1 aromatic heterocycles. The van der Waals surface area contributed by atoms with Gasteiger partial charge < -0.3 is 9.73 Å². The minimum Gasteiger partial charge on any atom is -0.468 e. The number of nitrogens with one attached hydrogen (secondary N) is 1. The molecule has 0 saturated carbocycles. The van der Waals surface area contributed by atoms with Crippen LogP contribution in [0, 0.1) is 12.3 Å². The molecular formula is C13H18N2O. The summed E-state index contributed by atoms with van der Waals surface area (Å²) in [5, 5.41) is 3.51. The Morgan fingerprint density at radius 1 is 1.50 bits per heavy atom. The Labute approximate surface area is 96.8 Å². The average molecular weight is 218 g/mol. The van der Waals surface area contributed by atoms with Gasteiger partial charge in [-0.1, -0.05) is 5.92 Å². The Morgan fingerprint density at radius 2 is 2.31 bits per heavy atom. The van der Waals surface area contributed by atoms with E-state index < -0.39 is 0 Å². The molecule has 1 saturated heterocycles. The molecule has 1 aliphatic heterocycles. The lowest BCUT2D eigenvalue weighted by atomic mass is 10.1. The lowest BCUT2D eigenvalue weighted by Gasteiger charge is -2.30. The van der Waals surface area contributed by atoms with Crippen LogP contribution in [0.25, 0.3) is 0 Å². The van der Waals surface area contributed by atoms with Crippen molar-refractivity contribution in [1.82, 2.24) is 10.2 Å². The molecule has 2 heterocycles. The minimum absolute atomic E-state index is 0.596. The monoisotopic (exact) mass is 218 g/mol. The highest BCUT2D eigenvalue weighted by Crippen LogP contribution is 2.10. The lowest BCUT2D eigenvalue weighted by Crippen LogP contribution is -2.42. The summed E-state index contributed by atoms with van der Waals surface area (Å²) in [6, 6.07) is 4.52. The summed E-state index contributed by atoms with van der Waals surface area (Å²) in [5.41, 5.74) is 0. The number of hydrogen-bond acceptors (Lipinski definition) is 3. The second-order valence-electron chi connectivity index (χ2n) is 4.21. The molecule has 3 heteroatoms. The Kier molecular flexibility index (Phi) is 4.03. The molecule has 1 aromatic rings. The smallest absolute Gasteiger partial charge is 0.117 e.